The van der Waals surface area contributed by atoms with Gasteiger partial charge in [0.1, 0.15) is 6.20 Å². The van der Waals surface area contributed by atoms with Crippen LogP contribution in [0.15, 0.2) is 34.9 Å². The highest BCUT2D eigenvalue weighted by Crippen LogP contribution is 2.17. The molecule has 0 saturated carbocycles. The fourth-order valence-electron chi connectivity index (χ4n) is 1.81. The number of nitrogens with one attached hydrogen (secondary N) is 2. The van der Waals surface area contributed by atoms with Gasteiger partial charge in [0, 0.05) is 23.1 Å². The van der Waals surface area contributed by atoms with Crippen molar-refractivity contribution in [2.45, 2.75) is 6.42 Å². The highest BCUT2D eigenvalue weighted by Gasteiger charge is 2.13. The van der Waals surface area contributed by atoms with E-state index in [0.29, 0.717) is 25.1 Å². The van der Waals surface area contributed by atoms with Gasteiger partial charge in [0.25, 0.3) is 5.91 Å². The molecule has 1 aromatic carbocycles. The van der Waals surface area contributed by atoms with Crippen LogP contribution in [-0.4, -0.2) is 33.9 Å². The number of nitrogens with two attached hydrogens (primary N) is 1. The van der Waals surface area contributed by atoms with Crippen LogP contribution in [0.2, 0.25) is 0 Å². The van der Waals surface area contributed by atoms with E-state index in [1.54, 1.807) is 24.3 Å². The lowest BCUT2D eigenvalue weighted by atomic mass is 10.2. The molecule has 0 fully saturated rings. The largest absolute Gasteiger partial charge is 0.378 e. The van der Waals surface area contributed by atoms with E-state index >= 15 is 0 Å². The zero-order valence-electron chi connectivity index (χ0n) is 12.5. The molecular weight excluding hydrogens is 380 g/mol. The SMILES string of the molecule is Nc1nc(NCCCNC(=O)c2ccc(Br)cc2)ncc1[N+](=O)[O-]. The summed E-state index contributed by atoms with van der Waals surface area (Å²) in [5.41, 5.74) is 5.72. The Hall–Kier alpha value is -2.75. The van der Waals surface area contributed by atoms with Crippen molar-refractivity contribution in [1.82, 2.24) is 15.3 Å². The molecule has 2 rings (SSSR count). The van der Waals surface area contributed by atoms with Gasteiger partial charge in [-0.15, -0.1) is 0 Å². The minimum atomic E-state index is -0.642. The molecule has 1 heterocycles. The predicted molar refractivity (Wildman–Crippen MR) is 92.7 cm³/mol. The second-order valence-corrected chi connectivity index (χ2v) is 5.68. The van der Waals surface area contributed by atoms with Gasteiger partial charge >= 0.3 is 5.69 Å². The number of hydrogen-bond donors (Lipinski definition) is 3. The molecule has 0 aliphatic rings. The molecule has 0 bridgehead atoms. The molecule has 0 aliphatic carbocycles. The third-order valence-electron chi connectivity index (χ3n) is 3.02. The number of aromatic nitrogens is 2. The van der Waals surface area contributed by atoms with E-state index in [0.717, 1.165) is 10.7 Å². The average Bonchev–Trinajstić information content (AvgIpc) is 2.54. The Kier molecular flexibility index (Phi) is 6.01. The summed E-state index contributed by atoms with van der Waals surface area (Å²) in [7, 11) is 0. The second kappa shape index (κ2) is 8.20. The summed E-state index contributed by atoms with van der Waals surface area (Å²) < 4.78 is 0.908. The number of hydrogen-bond acceptors (Lipinski definition) is 7. The van der Waals surface area contributed by atoms with Crippen molar-refractivity contribution in [2.75, 3.05) is 24.1 Å². The summed E-state index contributed by atoms with van der Waals surface area (Å²) >= 11 is 3.31. The maximum absolute atomic E-state index is 11.9. The van der Waals surface area contributed by atoms with E-state index in [1.165, 1.54) is 0 Å². The Morgan fingerprint density at radius 1 is 1.29 bits per heavy atom. The Morgan fingerprint density at radius 2 is 2.00 bits per heavy atom. The third-order valence-corrected chi connectivity index (χ3v) is 3.55. The van der Waals surface area contributed by atoms with Crippen LogP contribution >= 0.6 is 15.9 Å². The van der Waals surface area contributed by atoms with Gasteiger partial charge < -0.3 is 16.4 Å². The summed E-state index contributed by atoms with van der Waals surface area (Å²) in [6, 6.07) is 7.05. The Labute approximate surface area is 146 Å². The van der Waals surface area contributed by atoms with Crippen LogP contribution in [-0.2, 0) is 0 Å². The van der Waals surface area contributed by atoms with Crippen LogP contribution in [0, 0.1) is 10.1 Å². The first kappa shape index (κ1) is 17.6. The fraction of sp³-hybridized carbons (Fsp3) is 0.214. The second-order valence-electron chi connectivity index (χ2n) is 4.76. The van der Waals surface area contributed by atoms with Crippen LogP contribution in [0.4, 0.5) is 17.5 Å². The highest BCUT2D eigenvalue weighted by atomic mass is 79.9. The Balaban J connectivity index is 1.73. The van der Waals surface area contributed by atoms with Gasteiger partial charge in [-0.1, -0.05) is 15.9 Å². The molecule has 9 nitrogen and oxygen atoms in total. The number of nitrogen functional groups attached to an aromatic ring is 1. The average molecular weight is 395 g/mol. The number of halogens is 1. The minimum Gasteiger partial charge on any atom is -0.378 e. The van der Waals surface area contributed by atoms with Crippen molar-refractivity contribution in [2.24, 2.45) is 0 Å². The van der Waals surface area contributed by atoms with Crippen molar-refractivity contribution >= 4 is 39.3 Å². The quantitative estimate of drug-likeness (QED) is 0.370. The molecule has 10 heteroatoms. The number of carbonyl (C=O) groups is 1. The zero-order valence-corrected chi connectivity index (χ0v) is 14.1. The number of carbonyl (C=O) groups excluding carboxylic acids is 1. The van der Waals surface area contributed by atoms with Gasteiger partial charge in [-0.3, -0.25) is 14.9 Å². The predicted octanol–water partition coefficient (Wildman–Crippen LogP) is 1.96. The standard InChI is InChI=1S/C14H15BrN6O3/c15-10-4-2-9(3-5-10)13(22)17-6-1-7-18-14-19-8-11(21(23)24)12(16)20-14/h2-5,8H,1,6-7H2,(H,17,22)(H3,16,18,19,20). The van der Waals surface area contributed by atoms with Crippen molar-refractivity contribution in [3.8, 4) is 0 Å². The Bertz CT molecular complexity index is 738. The molecule has 24 heavy (non-hydrogen) atoms. The highest BCUT2D eigenvalue weighted by molar-refractivity contribution is 9.10. The van der Waals surface area contributed by atoms with E-state index < -0.39 is 4.92 Å². The number of anilines is 2. The summed E-state index contributed by atoms with van der Waals surface area (Å²) in [6.07, 6.45) is 1.68. The Morgan fingerprint density at radius 3 is 2.62 bits per heavy atom. The molecule has 1 aromatic heterocycles. The zero-order chi connectivity index (χ0) is 17.5. The van der Waals surface area contributed by atoms with E-state index in [1.807, 2.05) is 0 Å². The maximum Gasteiger partial charge on any atom is 0.329 e. The van der Waals surface area contributed by atoms with Gasteiger partial charge in [0.15, 0.2) is 0 Å². The van der Waals surface area contributed by atoms with Crippen LogP contribution in [0.3, 0.4) is 0 Å². The monoisotopic (exact) mass is 394 g/mol. The van der Waals surface area contributed by atoms with Crippen LogP contribution in [0.5, 0.6) is 0 Å². The molecule has 0 saturated heterocycles. The van der Waals surface area contributed by atoms with E-state index in [-0.39, 0.29) is 23.4 Å². The first-order chi connectivity index (χ1) is 11.5. The molecule has 2 aromatic rings. The van der Waals surface area contributed by atoms with Gasteiger partial charge in [-0.25, -0.2) is 4.98 Å². The van der Waals surface area contributed by atoms with Crippen LogP contribution in [0.25, 0.3) is 0 Å². The lowest BCUT2D eigenvalue weighted by Crippen LogP contribution is -2.25. The molecule has 126 valence electrons. The third kappa shape index (κ3) is 4.88. The molecule has 4 N–H and O–H groups in total. The van der Waals surface area contributed by atoms with Crippen LogP contribution in [0.1, 0.15) is 16.8 Å². The normalized spacial score (nSPS) is 10.2. The number of nitro groups is 1. The van der Waals surface area contributed by atoms with E-state index in [9.17, 15) is 14.9 Å². The molecule has 1 amide bonds. The smallest absolute Gasteiger partial charge is 0.329 e. The van der Waals surface area contributed by atoms with Gasteiger partial charge in [0.2, 0.25) is 11.8 Å². The minimum absolute atomic E-state index is 0.154. The summed E-state index contributed by atoms with van der Waals surface area (Å²) in [6.45, 7) is 0.947. The fourth-order valence-corrected chi connectivity index (χ4v) is 2.07. The van der Waals surface area contributed by atoms with Crippen molar-refractivity contribution in [3.63, 3.8) is 0 Å². The number of nitrogens with zero attached hydrogens (tertiary/aromatic N) is 3. The summed E-state index contributed by atoms with van der Waals surface area (Å²) in [5.74, 6) is -0.142. The van der Waals surface area contributed by atoms with Crippen molar-refractivity contribution in [3.05, 3.63) is 50.6 Å². The van der Waals surface area contributed by atoms with E-state index in [2.05, 4.69) is 36.5 Å². The topological polar surface area (TPSA) is 136 Å². The first-order valence-corrected chi connectivity index (χ1v) is 7.81. The van der Waals surface area contributed by atoms with Crippen molar-refractivity contribution in [1.29, 1.82) is 0 Å². The van der Waals surface area contributed by atoms with Gasteiger partial charge in [-0.2, -0.15) is 4.98 Å². The summed E-state index contributed by atoms with van der Waals surface area (Å²) in [5, 5.41) is 16.3. The molecule has 0 radical (unpaired) electrons. The number of rotatable bonds is 7. The molecule has 0 atom stereocenters. The first-order valence-electron chi connectivity index (χ1n) is 7.02. The van der Waals surface area contributed by atoms with Gasteiger partial charge in [-0.05, 0) is 30.7 Å². The van der Waals surface area contributed by atoms with Gasteiger partial charge in [0.05, 0.1) is 4.92 Å². The van der Waals surface area contributed by atoms with Crippen LogP contribution < -0.4 is 16.4 Å². The van der Waals surface area contributed by atoms with Crippen molar-refractivity contribution < 1.29 is 9.72 Å². The van der Waals surface area contributed by atoms with E-state index in [4.69, 9.17) is 5.73 Å². The number of amides is 1. The molecule has 0 spiro atoms. The molecular formula is C14H15BrN6O3. The summed E-state index contributed by atoms with van der Waals surface area (Å²) in [4.78, 5) is 29.5. The number of benzene rings is 1. The lowest BCUT2D eigenvalue weighted by Gasteiger charge is -2.07. The molecule has 0 aliphatic heterocycles. The molecule has 0 unspecified atom stereocenters. The lowest BCUT2D eigenvalue weighted by molar-refractivity contribution is -0.384. The maximum atomic E-state index is 11.9.